The molecule has 0 N–H and O–H groups in total. The molecule has 0 saturated carbocycles. The Bertz CT molecular complexity index is 805. The van der Waals surface area contributed by atoms with E-state index in [-0.39, 0.29) is 24.8 Å². The van der Waals surface area contributed by atoms with Gasteiger partial charge < -0.3 is 0 Å². The molecule has 2 atom stereocenters. The molecule has 2 unspecified atom stereocenters. The number of allylic oxidation sites excluding steroid dienone is 2. The molecule has 0 spiro atoms. The molecule has 2 aliphatic rings. The van der Waals surface area contributed by atoms with Crippen LogP contribution in [0.3, 0.4) is 0 Å². The average molecular weight is 513 g/mol. The molecule has 0 aliphatic heterocycles. The van der Waals surface area contributed by atoms with Crippen molar-refractivity contribution in [2.75, 3.05) is 0 Å². The first kappa shape index (κ1) is 25.6. The maximum absolute atomic E-state index is 2.49. The van der Waals surface area contributed by atoms with Gasteiger partial charge in [0.05, 0.1) is 0 Å². The van der Waals surface area contributed by atoms with E-state index in [2.05, 4.69) is 81.5 Å². The van der Waals surface area contributed by atoms with Crippen LogP contribution in [0.1, 0.15) is 64.1 Å². The Labute approximate surface area is 190 Å². The molecule has 0 heterocycles. The van der Waals surface area contributed by atoms with Crippen molar-refractivity contribution < 1.29 is 19.4 Å². The molecule has 4 heteroatoms. The summed E-state index contributed by atoms with van der Waals surface area (Å²) < 4.78 is 2.98. The normalized spacial score (nSPS) is 20.9. The summed E-state index contributed by atoms with van der Waals surface area (Å²) in [6, 6.07) is 18.3. The van der Waals surface area contributed by atoms with Crippen molar-refractivity contribution in [3.05, 3.63) is 81.9 Å². The van der Waals surface area contributed by atoms with Gasteiger partial charge in [0.15, 0.2) is 0 Å². The van der Waals surface area contributed by atoms with Crippen molar-refractivity contribution in [1.29, 1.82) is 0 Å². The van der Waals surface area contributed by atoms with E-state index in [0.717, 1.165) is 7.25 Å². The van der Waals surface area contributed by atoms with E-state index in [9.17, 15) is 0 Å². The van der Waals surface area contributed by atoms with E-state index in [0.29, 0.717) is 0 Å². The van der Waals surface area contributed by atoms with Gasteiger partial charge in [-0.15, -0.1) is 24.8 Å². The summed E-state index contributed by atoms with van der Waals surface area (Å²) >= 11 is -2.41. The first-order chi connectivity index (χ1) is 12.6. The average Bonchev–Trinajstić information content (AvgIpc) is 3.18. The van der Waals surface area contributed by atoms with E-state index in [1.54, 1.807) is 22.3 Å². The van der Waals surface area contributed by atoms with Crippen molar-refractivity contribution in [2.24, 2.45) is 0 Å². The smallest absolute Gasteiger partial charge is 0.147 e. The molecular weight excluding hydrogens is 478 g/mol. The topological polar surface area (TPSA) is 0 Å². The summed E-state index contributed by atoms with van der Waals surface area (Å²) in [5.74, 6) is 0. The summed E-state index contributed by atoms with van der Waals surface area (Å²) in [5, 5.41) is 0. The van der Waals surface area contributed by atoms with Gasteiger partial charge in [-0.05, 0) is 0 Å². The summed E-state index contributed by atoms with van der Waals surface area (Å²) in [5.41, 5.74) is 9.53. The SMILES string of the molecule is CC.C[CH2][Zr]([SiH3])([CH]1C(C)=Cc2ccccc21)[CH]1C(C)=Cc2ccccc21.Cl.Cl. The third-order valence-electron chi connectivity index (χ3n) is 6.37. The van der Waals surface area contributed by atoms with Crippen LogP contribution in [0, 0.1) is 0 Å². The van der Waals surface area contributed by atoms with Gasteiger partial charge in [0.1, 0.15) is 0 Å². The molecule has 152 valence electrons. The third-order valence-corrected chi connectivity index (χ3v) is 31.4. The summed E-state index contributed by atoms with van der Waals surface area (Å²) in [7, 11) is 1.40. The number of benzene rings is 2. The van der Waals surface area contributed by atoms with Crippen LogP contribution in [0.4, 0.5) is 0 Å². The first-order valence-electron chi connectivity index (χ1n) is 10.1. The minimum atomic E-state index is -2.41. The summed E-state index contributed by atoms with van der Waals surface area (Å²) in [6.07, 6.45) is 4.94. The van der Waals surface area contributed by atoms with E-state index >= 15 is 0 Å². The van der Waals surface area contributed by atoms with E-state index in [1.807, 2.05) is 13.8 Å². The van der Waals surface area contributed by atoms with Gasteiger partial charge in [0.25, 0.3) is 0 Å². The minimum absolute atomic E-state index is 0. The second kappa shape index (κ2) is 10.6. The van der Waals surface area contributed by atoms with Gasteiger partial charge in [-0.1, -0.05) is 13.8 Å². The fourth-order valence-electron chi connectivity index (χ4n) is 5.28. The molecular formula is C24H34Cl2SiZr. The largest absolute Gasteiger partial charge is 0.147 e. The first-order valence-corrected chi connectivity index (χ1v) is 23.1. The van der Waals surface area contributed by atoms with Crippen LogP contribution in [0.25, 0.3) is 12.2 Å². The standard InChI is InChI=1S/2C10H9.C2H6.C2H5.2ClH.H3Si.Zr/c2*1-8-6-9-4-2-3-5-10(9)7-8;2*1-2;;;;/h2*2-7H,1H3;1-2H3;1H2,2H3;2*1H;1H3;. The Morgan fingerprint density at radius 3 is 1.46 bits per heavy atom. The van der Waals surface area contributed by atoms with Crippen molar-refractivity contribution in [3.8, 4) is 0 Å². The van der Waals surface area contributed by atoms with Gasteiger partial charge >= 0.3 is 153 Å². The molecule has 28 heavy (non-hydrogen) atoms. The monoisotopic (exact) mass is 510 g/mol. The van der Waals surface area contributed by atoms with Crippen LogP contribution < -0.4 is 0 Å². The molecule has 0 radical (unpaired) electrons. The Hall–Kier alpha value is -0.400. The molecule has 2 aromatic rings. The predicted octanol–water partition coefficient (Wildman–Crippen LogP) is 7.05. The number of rotatable bonds is 3. The molecule has 0 aromatic heterocycles. The number of hydrogen-bond donors (Lipinski definition) is 0. The van der Waals surface area contributed by atoms with Crippen LogP contribution in [-0.4, -0.2) is 7.37 Å². The van der Waals surface area contributed by atoms with E-state index < -0.39 is 19.4 Å². The number of halogens is 2. The van der Waals surface area contributed by atoms with Gasteiger partial charge in [-0.3, -0.25) is 0 Å². The molecule has 0 amide bonds. The van der Waals surface area contributed by atoms with Gasteiger partial charge in [-0.2, -0.15) is 0 Å². The minimum Gasteiger partial charge on any atom is -0.147 e. The molecule has 0 nitrogen and oxygen atoms in total. The summed E-state index contributed by atoms with van der Waals surface area (Å²) in [4.78, 5) is 0. The van der Waals surface area contributed by atoms with Gasteiger partial charge in [0.2, 0.25) is 0 Å². The zero-order valence-corrected chi connectivity index (χ0v) is 24.0. The summed E-state index contributed by atoms with van der Waals surface area (Å²) in [6.45, 7) is 11.3. The van der Waals surface area contributed by atoms with Crippen molar-refractivity contribution in [1.82, 2.24) is 0 Å². The fourth-order valence-corrected chi connectivity index (χ4v) is 27.5. The zero-order chi connectivity index (χ0) is 18.9. The predicted molar refractivity (Wildman–Crippen MR) is 132 cm³/mol. The second-order valence-electron chi connectivity index (χ2n) is 7.76. The van der Waals surface area contributed by atoms with Gasteiger partial charge in [0, 0.05) is 0 Å². The fraction of sp³-hybridized carbons (Fsp3) is 0.333. The molecule has 0 fully saturated rings. The zero-order valence-electron chi connectivity index (χ0n) is 18.0. The maximum atomic E-state index is 2.49. The second-order valence-corrected chi connectivity index (χ2v) is 30.8. The van der Waals surface area contributed by atoms with Crippen LogP contribution >= 0.6 is 24.8 Å². The van der Waals surface area contributed by atoms with Crippen LogP contribution in [0.15, 0.2) is 59.7 Å². The Kier molecular flexibility index (Phi) is 9.68. The molecule has 0 bridgehead atoms. The third kappa shape index (κ3) is 4.22. The Morgan fingerprint density at radius 2 is 1.11 bits per heavy atom. The quantitative estimate of drug-likeness (QED) is 0.387. The van der Waals surface area contributed by atoms with E-state index in [4.69, 9.17) is 0 Å². The van der Waals surface area contributed by atoms with E-state index in [1.165, 1.54) is 22.6 Å². The van der Waals surface area contributed by atoms with Gasteiger partial charge in [-0.25, -0.2) is 0 Å². The van der Waals surface area contributed by atoms with Crippen LogP contribution in [-0.2, 0) is 19.4 Å². The number of fused-ring (bicyclic) bond motifs is 2. The Morgan fingerprint density at radius 1 is 0.750 bits per heavy atom. The molecule has 4 rings (SSSR count). The van der Waals surface area contributed by atoms with Crippen molar-refractivity contribution >= 4 is 44.3 Å². The number of hydrogen-bond acceptors (Lipinski definition) is 0. The molecule has 0 saturated heterocycles. The molecule has 2 aliphatic carbocycles. The van der Waals surface area contributed by atoms with Crippen LogP contribution in [0.2, 0.25) is 4.13 Å². The maximum Gasteiger partial charge on any atom is -0.147 e. The van der Waals surface area contributed by atoms with Crippen molar-refractivity contribution in [3.63, 3.8) is 0 Å². The van der Waals surface area contributed by atoms with Crippen LogP contribution in [0.5, 0.6) is 0 Å². The van der Waals surface area contributed by atoms with Crippen molar-refractivity contribution in [2.45, 2.75) is 46.0 Å². The molecule has 2 aromatic carbocycles. The Balaban J connectivity index is 0.000000950.